The zero-order chi connectivity index (χ0) is 15.9. The molecule has 0 bridgehead atoms. The van der Waals surface area contributed by atoms with Crippen molar-refractivity contribution >= 4 is 5.69 Å². The molecule has 0 saturated heterocycles. The first kappa shape index (κ1) is 18.0. The lowest BCUT2D eigenvalue weighted by Gasteiger charge is -2.28. The first-order valence-electron chi connectivity index (χ1n) is 8.06. The third-order valence-corrected chi connectivity index (χ3v) is 3.56. The largest absolute Gasteiger partial charge is 0.372 e. The Labute approximate surface area is 131 Å². The third kappa shape index (κ3) is 6.96. The maximum absolute atomic E-state index is 3.60. The highest BCUT2D eigenvalue weighted by Crippen LogP contribution is 2.21. The number of rotatable bonds is 8. The van der Waals surface area contributed by atoms with Gasteiger partial charge in [0.2, 0.25) is 0 Å². The topological polar surface area (TPSA) is 18.5 Å². The number of nitrogens with one attached hydrogen (secondary N) is 1. The van der Waals surface area contributed by atoms with Crippen molar-refractivity contribution in [2.24, 2.45) is 0 Å². The van der Waals surface area contributed by atoms with E-state index in [4.69, 9.17) is 0 Å². The minimum absolute atomic E-state index is 0.148. The Hall–Kier alpha value is -1.06. The maximum Gasteiger partial charge on any atom is 0.0411 e. The molecule has 21 heavy (non-hydrogen) atoms. The van der Waals surface area contributed by atoms with E-state index in [9.17, 15) is 0 Å². The van der Waals surface area contributed by atoms with Crippen LogP contribution in [0, 0.1) is 0 Å². The average Bonchev–Trinajstić information content (AvgIpc) is 2.41. The van der Waals surface area contributed by atoms with Crippen molar-refractivity contribution in [2.75, 3.05) is 38.6 Å². The average molecular weight is 291 g/mol. The number of para-hydroxylation sites is 1. The molecule has 120 valence electrons. The predicted molar refractivity (Wildman–Crippen MR) is 94.1 cm³/mol. The van der Waals surface area contributed by atoms with Gasteiger partial charge in [0.25, 0.3) is 0 Å². The summed E-state index contributed by atoms with van der Waals surface area (Å²) in [7, 11) is 4.27. The zero-order valence-electron chi connectivity index (χ0n) is 14.7. The van der Waals surface area contributed by atoms with Crippen LogP contribution in [0.1, 0.15) is 39.7 Å². The number of anilines is 1. The summed E-state index contributed by atoms with van der Waals surface area (Å²) in [6, 6.07) is 8.77. The van der Waals surface area contributed by atoms with Crippen molar-refractivity contribution in [3.63, 3.8) is 0 Å². The van der Waals surface area contributed by atoms with E-state index in [1.165, 1.54) is 17.7 Å². The van der Waals surface area contributed by atoms with Gasteiger partial charge in [-0.1, -0.05) is 18.2 Å². The number of hydrogen-bond acceptors (Lipinski definition) is 3. The Bertz CT molecular complexity index is 407. The van der Waals surface area contributed by atoms with Gasteiger partial charge in [-0.05, 0) is 66.4 Å². The van der Waals surface area contributed by atoms with Gasteiger partial charge in [-0.15, -0.1) is 0 Å². The summed E-state index contributed by atoms with van der Waals surface area (Å²) < 4.78 is 0. The van der Waals surface area contributed by atoms with E-state index in [1.54, 1.807) is 0 Å². The van der Waals surface area contributed by atoms with Gasteiger partial charge in [0.05, 0.1) is 0 Å². The molecule has 0 radical (unpaired) electrons. The highest BCUT2D eigenvalue weighted by Gasteiger charge is 2.13. The molecule has 0 atom stereocenters. The van der Waals surface area contributed by atoms with E-state index < -0.39 is 0 Å². The maximum atomic E-state index is 3.60. The molecule has 0 aliphatic rings. The molecule has 3 heteroatoms. The normalized spacial score (nSPS) is 12.0. The summed E-state index contributed by atoms with van der Waals surface area (Å²) in [6.45, 7) is 13.1. The first-order chi connectivity index (χ1) is 9.83. The van der Waals surface area contributed by atoms with Crippen molar-refractivity contribution in [3.05, 3.63) is 29.8 Å². The van der Waals surface area contributed by atoms with Gasteiger partial charge >= 0.3 is 0 Å². The Balaban J connectivity index is 2.74. The van der Waals surface area contributed by atoms with Crippen LogP contribution in [0.4, 0.5) is 5.69 Å². The second-order valence-electron chi connectivity index (χ2n) is 6.97. The van der Waals surface area contributed by atoms with E-state index in [0.717, 1.165) is 26.2 Å². The predicted octanol–water partition coefficient (Wildman–Crippen LogP) is 3.35. The van der Waals surface area contributed by atoms with Gasteiger partial charge < -0.3 is 15.1 Å². The van der Waals surface area contributed by atoms with Crippen molar-refractivity contribution in [1.82, 2.24) is 10.2 Å². The quantitative estimate of drug-likeness (QED) is 0.792. The van der Waals surface area contributed by atoms with Gasteiger partial charge in [0.15, 0.2) is 0 Å². The van der Waals surface area contributed by atoms with Crippen LogP contribution in [-0.2, 0) is 6.54 Å². The smallest absolute Gasteiger partial charge is 0.0411 e. The summed E-state index contributed by atoms with van der Waals surface area (Å²) in [5.74, 6) is 0. The van der Waals surface area contributed by atoms with Crippen molar-refractivity contribution in [3.8, 4) is 0 Å². The Morgan fingerprint density at radius 1 is 1.05 bits per heavy atom. The van der Waals surface area contributed by atoms with Gasteiger partial charge in [0, 0.05) is 30.9 Å². The second kappa shape index (κ2) is 8.40. The molecule has 1 N–H and O–H groups in total. The fourth-order valence-corrected chi connectivity index (χ4v) is 2.36. The zero-order valence-corrected chi connectivity index (χ0v) is 14.7. The van der Waals surface area contributed by atoms with E-state index in [-0.39, 0.29) is 5.54 Å². The molecule has 0 aromatic heterocycles. The fraction of sp³-hybridized carbons (Fsp3) is 0.667. The van der Waals surface area contributed by atoms with Crippen LogP contribution < -0.4 is 10.2 Å². The molecule has 0 spiro atoms. The summed E-state index contributed by atoms with van der Waals surface area (Å²) in [4.78, 5) is 4.74. The molecule has 1 rings (SSSR count). The molecule has 3 nitrogen and oxygen atoms in total. The summed E-state index contributed by atoms with van der Waals surface area (Å²) in [5, 5.41) is 3.60. The Morgan fingerprint density at radius 3 is 2.29 bits per heavy atom. The molecule has 0 heterocycles. The van der Waals surface area contributed by atoms with Crippen LogP contribution in [0.15, 0.2) is 24.3 Å². The SMILES string of the molecule is CCN(CCCN(C)C)c1ccccc1CNC(C)(C)C. The van der Waals surface area contributed by atoms with Crippen LogP contribution in [0.5, 0.6) is 0 Å². The molecule has 0 aliphatic heterocycles. The molecule has 0 saturated carbocycles. The Kier molecular flexibility index (Phi) is 7.20. The summed E-state index contributed by atoms with van der Waals surface area (Å²) in [6.07, 6.45) is 1.20. The van der Waals surface area contributed by atoms with Gasteiger partial charge in [-0.3, -0.25) is 0 Å². The van der Waals surface area contributed by atoms with Crippen LogP contribution in [0.3, 0.4) is 0 Å². The van der Waals surface area contributed by atoms with Crippen LogP contribution in [-0.4, -0.2) is 44.2 Å². The number of hydrogen-bond donors (Lipinski definition) is 1. The van der Waals surface area contributed by atoms with Crippen molar-refractivity contribution < 1.29 is 0 Å². The lowest BCUT2D eigenvalue weighted by molar-refractivity contribution is 0.400. The molecular formula is C18H33N3. The highest BCUT2D eigenvalue weighted by atomic mass is 15.1. The Morgan fingerprint density at radius 2 is 1.71 bits per heavy atom. The standard InChI is InChI=1S/C18H33N3/c1-7-21(14-10-13-20(5)6)17-12-9-8-11-16(17)15-19-18(2,3)4/h8-9,11-12,19H,7,10,13-15H2,1-6H3. The minimum Gasteiger partial charge on any atom is -0.372 e. The van der Waals surface area contributed by atoms with E-state index in [2.05, 4.69) is 81.2 Å². The van der Waals surface area contributed by atoms with Gasteiger partial charge in [0.1, 0.15) is 0 Å². The molecule has 0 unspecified atom stereocenters. The highest BCUT2D eigenvalue weighted by molar-refractivity contribution is 5.53. The third-order valence-electron chi connectivity index (χ3n) is 3.56. The monoisotopic (exact) mass is 291 g/mol. The lowest BCUT2D eigenvalue weighted by Crippen LogP contribution is -2.36. The van der Waals surface area contributed by atoms with E-state index in [0.29, 0.717) is 0 Å². The van der Waals surface area contributed by atoms with Gasteiger partial charge in [-0.25, -0.2) is 0 Å². The number of nitrogens with zero attached hydrogens (tertiary/aromatic N) is 2. The molecule has 0 fully saturated rings. The second-order valence-corrected chi connectivity index (χ2v) is 6.97. The molecular weight excluding hydrogens is 258 g/mol. The van der Waals surface area contributed by atoms with Crippen LogP contribution in [0.25, 0.3) is 0 Å². The minimum atomic E-state index is 0.148. The van der Waals surface area contributed by atoms with Crippen LogP contribution in [0.2, 0.25) is 0 Å². The molecule has 1 aromatic carbocycles. The van der Waals surface area contributed by atoms with Crippen molar-refractivity contribution in [1.29, 1.82) is 0 Å². The van der Waals surface area contributed by atoms with Gasteiger partial charge in [-0.2, -0.15) is 0 Å². The fourth-order valence-electron chi connectivity index (χ4n) is 2.36. The van der Waals surface area contributed by atoms with Crippen LogP contribution >= 0.6 is 0 Å². The van der Waals surface area contributed by atoms with E-state index >= 15 is 0 Å². The lowest BCUT2D eigenvalue weighted by atomic mass is 10.1. The molecule has 0 aliphatic carbocycles. The summed E-state index contributed by atoms with van der Waals surface area (Å²) >= 11 is 0. The molecule has 0 amide bonds. The number of benzene rings is 1. The first-order valence-corrected chi connectivity index (χ1v) is 8.06. The van der Waals surface area contributed by atoms with E-state index in [1.807, 2.05) is 0 Å². The summed E-state index contributed by atoms with van der Waals surface area (Å²) in [5.41, 5.74) is 2.91. The molecule has 1 aromatic rings. The van der Waals surface area contributed by atoms with Crippen molar-refractivity contribution in [2.45, 2.75) is 46.2 Å².